The number of fused-ring (bicyclic) bond motifs is 1. The zero-order chi connectivity index (χ0) is 15.1. The highest BCUT2D eigenvalue weighted by Crippen LogP contribution is 2.39. The van der Waals surface area contributed by atoms with E-state index in [-0.39, 0.29) is 12.5 Å². The Balaban J connectivity index is 1.52. The summed E-state index contributed by atoms with van der Waals surface area (Å²) in [4.78, 5) is 16.9. The molecule has 0 bridgehead atoms. The highest BCUT2D eigenvalue weighted by molar-refractivity contribution is 5.81. The lowest BCUT2D eigenvalue weighted by Crippen LogP contribution is -2.54. The van der Waals surface area contributed by atoms with Crippen LogP contribution in [0.5, 0.6) is 0 Å². The summed E-state index contributed by atoms with van der Waals surface area (Å²) < 4.78 is 0. The lowest BCUT2D eigenvalue weighted by molar-refractivity contribution is -0.135. The molecule has 0 radical (unpaired) electrons. The largest absolute Gasteiger partial charge is 0.396 e. The first-order valence-corrected chi connectivity index (χ1v) is 8.46. The van der Waals surface area contributed by atoms with Crippen molar-refractivity contribution < 1.29 is 9.90 Å². The lowest BCUT2D eigenvalue weighted by atomic mass is 9.85. The zero-order valence-electron chi connectivity index (χ0n) is 12.9. The minimum Gasteiger partial charge on any atom is -0.396 e. The maximum atomic E-state index is 12.3. The Morgan fingerprint density at radius 1 is 1.14 bits per heavy atom. The molecular weight excluding hydrogens is 276 g/mol. The third-order valence-corrected chi connectivity index (χ3v) is 5.65. The van der Waals surface area contributed by atoms with E-state index in [1.165, 1.54) is 5.56 Å². The predicted octanol–water partition coefficient (Wildman–Crippen LogP) is 1.32. The van der Waals surface area contributed by atoms with Crippen molar-refractivity contribution in [2.45, 2.75) is 24.8 Å². The number of amides is 1. The molecule has 4 heteroatoms. The van der Waals surface area contributed by atoms with Crippen molar-refractivity contribution in [3.05, 3.63) is 35.9 Å². The topological polar surface area (TPSA) is 43.8 Å². The number of hydrogen-bond acceptors (Lipinski definition) is 3. The number of aliphatic hydroxyl groups excluding tert-OH is 1. The number of carbonyl (C=O) groups excluding carboxylic acids is 1. The van der Waals surface area contributed by atoms with Gasteiger partial charge in [0, 0.05) is 56.6 Å². The number of carbonyl (C=O) groups is 1. The summed E-state index contributed by atoms with van der Waals surface area (Å²) in [5.41, 5.74) is 1.32. The zero-order valence-corrected chi connectivity index (χ0v) is 12.9. The Labute approximate surface area is 131 Å². The van der Waals surface area contributed by atoms with Crippen LogP contribution in [0.15, 0.2) is 30.3 Å². The molecule has 1 aliphatic carbocycles. The van der Waals surface area contributed by atoms with Gasteiger partial charge in [0.05, 0.1) is 0 Å². The van der Waals surface area contributed by atoms with Crippen molar-refractivity contribution in [1.29, 1.82) is 0 Å². The average Bonchev–Trinajstić information content (AvgIpc) is 3.35. The molecule has 2 aliphatic heterocycles. The maximum absolute atomic E-state index is 12.3. The number of rotatable bonds is 3. The van der Waals surface area contributed by atoms with Crippen molar-refractivity contribution in [3.63, 3.8) is 0 Å². The highest BCUT2D eigenvalue weighted by atomic mass is 16.3. The van der Waals surface area contributed by atoms with Gasteiger partial charge in [0.25, 0.3) is 0 Å². The normalized spacial score (nSPS) is 32.0. The van der Waals surface area contributed by atoms with E-state index in [1.807, 2.05) is 6.07 Å². The first kappa shape index (κ1) is 14.2. The molecule has 2 saturated heterocycles. The number of aliphatic hydroxyl groups is 1. The van der Waals surface area contributed by atoms with Crippen LogP contribution in [0.1, 0.15) is 24.3 Å². The molecule has 0 aromatic heterocycles. The third-order valence-electron chi connectivity index (χ3n) is 5.65. The van der Waals surface area contributed by atoms with Crippen molar-refractivity contribution >= 4 is 5.91 Å². The fourth-order valence-electron chi connectivity index (χ4n) is 4.23. The van der Waals surface area contributed by atoms with Gasteiger partial charge in [-0.15, -0.1) is 0 Å². The first-order valence-electron chi connectivity index (χ1n) is 8.46. The molecule has 1 aromatic rings. The third kappa shape index (κ3) is 2.44. The van der Waals surface area contributed by atoms with Gasteiger partial charge in [-0.25, -0.2) is 0 Å². The minimum absolute atomic E-state index is 0.201. The van der Waals surface area contributed by atoms with E-state index in [0.717, 1.165) is 39.0 Å². The summed E-state index contributed by atoms with van der Waals surface area (Å²) >= 11 is 0. The SMILES string of the molecule is O=C(C1CC1)N1CCN2C[C@H](c3ccccc3)[C@@H](CO)[C@H]2C1. The molecule has 1 aromatic carbocycles. The standard InChI is InChI=1S/C18H24N2O2/c21-12-16-15(13-4-2-1-3-5-13)10-19-8-9-20(11-17(16)19)18(22)14-6-7-14/h1-5,14-17,21H,6-12H2/t15-,16-,17-/m1/s1. The van der Waals surface area contributed by atoms with E-state index >= 15 is 0 Å². The Kier molecular flexibility index (Phi) is 3.66. The predicted molar refractivity (Wildman–Crippen MR) is 84.4 cm³/mol. The van der Waals surface area contributed by atoms with Gasteiger partial charge >= 0.3 is 0 Å². The number of piperazine rings is 1. The molecule has 2 heterocycles. The van der Waals surface area contributed by atoms with Crippen LogP contribution >= 0.6 is 0 Å². The lowest BCUT2D eigenvalue weighted by Gasteiger charge is -2.39. The van der Waals surface area contributed by atoms with Crippen molar-refractivity contribution in [3.8, 4) is 0 Å². The Morgan fingerprint density at radius 3 is 2.59 bits per heavy atom. The van der Waals surface area contributed by atoms with Gasteiger partial charge in [0.15, 0.2) is 0 Å². The monoisotopic (exact) mass is 300 g/mol. The molecule has 3 fully saturated rings. The van der Waals surface area contributed by atoms with Crippen LogP contribution in [-0.2, 0) is 4.79 Å². The Bertz CT molecular complexity index is 543. The van der Waals surface area contributed by atoms with Gasteiger partial charge in [-0.05, 0) is 18.4 Å². The summed E-state index contributed by atoms with van der Waals surface area (Å²) in [6.45, 7) is 3.80. The van der Waals surface area contributed by atoms with E-state index in [1.54, 1.807) is 0 Å². The van der Waals surface area contributed by atoms with Crippen LogP contribution in [0, 0.1) is 11.8 Å². The minimum atomic E-state index is 0.201. The molecular formula is C18H24N2O2. The second kappa shape index (κ2) is 5.67. The van der Waals surface area contributed by atoms with Crippen molar-refractivity contribution in [2.75, 3.05) is 32.8 Å². The Morgan fingerprint density at radius 2 is 1.91 bits per heavy atom. The second-order valence-corrected chi connectivity index (χ2v) is 6.98. The van der Waals surface area contributed by atoms with E-state index in [9.17, 15) is 9.90 Å². The molecule has 3 aliphatic rings. The molecule has 3 atom stereocenters. The molecule has 1 saturated carbocycles. The molecule has 4 rings (SSSR count). The molecule has 0 unspecified atom stereocenters. The molecule has 1 N–H and O–H groups in total. The van der Waals surface area contributed by atoms with Gasteiger partial charge in [-0.1, -0.05) is 30.3 Å². The van der Waals surface area contributed by atoms with E-state index < -0.39 is 0 Å². The Hall–Kier alpha value is -1.39. The van der Waals surface area contributed by atoms with Gasteiger partial charge in [-0.3, -0.25) is 9.69 Å². The molecule has 4 nitrogen and oxygen atoms in total. The van der Waals surface area contributed by atoms with Gasteiger partial charge in [-0.2, -0.15) is 0 Å². The highest BCUT2D eigenvalue weighted by Gasteiger charge is 2.46. The smallest absolute Gasteiger partial charge is 0.225 e. The van der Waals surface area contributed by atoms with Crippen LogP contribution in [-0.4, -0.2) is 59.6 Å². The van der Waals surface area contributed by atoms with E-state index in [4.69, 9.17) is 0 Å². The van der Waals surface area contributed by atoms with E-state index in [2.05, 4.69) is 34.1 Å². The van der Waals surface area contributed by atoms with Crippen LogP contribution in [0.25, 0.3) is 0 Å². The van der Waals surface area contributed by atoms with Crippen LogP contribution < -0.4 is 0 Å². The van der Waals surface area contributed by atoms with E-state index in [0.29, 0.717) is 23.8 Å². The number of benzene rings is 1. The van der Waals surface area contributed by atoms with Crippen molar-refractivity contribution in [2.24, 2.45) is 11.8 Å². The molecule has 1 amide bonds. The van der Waals surface area contributed by atoms with Crippen LogP contribution in [0.4, 0.5) is 0 Å². The first-order chi connectivity index (χ1) is 10.8. The summed E-state index contributed by atoms with van der Waals surface area (Å²) in [5.74, 6) is 1.26. The van der Waals surface area contributed by atoms with Crippen LogP contribution in [0.2, 0.25) is 0 Å². The second-order valence-electron chi connectivity index (χ2n) is 6.98. The molecule has 0 spiro atoms. The maximum Gasteiger partial charge on any atom is 0.225 e. The molecule has 22 heavy (non-hydrogen) atoms. The summed E-state index contributed by atoms with van der Waals surface area (Å²) in [6.07, 6.45) is 2.14. The average molecular weight is 300 g/mol. The summed E-state index contributed by atoms with van der Waals surface area (Å²) in [6, 6.07) is 10.8. The fraction of sp³-hybridized carbons (Fsp3) is 0.611. The fourth-order valence-corrected chi connectivity index (χ4v) is 4.23. The molecule has 118 valence electrons. The summed E-state index contributed by atoms with van der Waals surface area (Å²) in [5, 5.41) is 9.95. The number of nitrogens with zero attached hydrogens (tertiary/aromatic N) is 2. The number of hydrogen-bond donors (Lipinski definition) is 1. The summed E-state index contributed by atoms with van der Waals surface area (Å²) in [7, 11) is 0. The van der Waals surface area contributed by atoms with Gasteiger partial charge in [0.2, 0.25) is 5.91 Å². The van der Waals surface area contributed by atoms with Crippen molar-refractivity contribution in [1.82, 2.24) is 9.80 Å². The van der Waals surface area contributed by atoms with Crippen LogP contribution in [0.3, 0.4) is 0 Å². The van der Waals surface area contributed by atoms with Gasteiger partial charge in [0.1, 0.15) is 0 Å². The quantitative estimate of drug-likeness (QED) is 0.915. The van der Waals surface area contributed by atoms with Gasteiger partial charge < -0.3 is 10.0 Å².